The molecule has 6 heteroatoms. The van der Waals surface area contributed by atoms with Gasteiger partial charge in [0.05, 0.1) is 5.92 Å². The first kappa shape index (κ1) is 10.9. The lowest BCUT2D eigenvalue weighted by atomic mass is 9.82. The molecule has 0 bridgehead atoms. The second kappa shape index (κ2) is 4.56. The second-order valence-corrected chi connectivity index (χ2v) is 4.37. The van der Waals surface area contributed by atoms with Crippen molar-refractivity contribution in [3.05, 3.63) is 35.4 Å². The van der Waals surface area contributed by atoms with E-state index in [1.807, 2.05) is 18.2 Å². The minimum absolute atomic E-state index is 0.0662. The van der Waals surface area contributed by atoms with Gasteiger partial charge < -0.3 is 0 Å². The van der Waals surface area contributed by atoms with E-state index in [0.29, 0.717) is 0 Å². The normalized spacial score (nSPS) is 18.1. The summed E-state index contributed by atoms with van der Waals surface area (Å²) >= 11 is 0. The summed E-state index contributed by atoms with van der Waals surface area (Å²) in [4.78, 5) is 12.2. The number of rotatable bonds is 2. The number of anilines is 1. The molecule has 1 aromatic carbocycles. The third kappa shape index (κ3) is 1.97. The van der Waals surface area contributed by atoms with Crippen LogP contribution in [0.15, 0.2) is 24.3 Å². The maximum absolute atomic E-state index is 12.2. The summed E-state index contributed by atoms with van der Waals surface area (Å²) < 4.78 is 0. The standard InChI is InChI=1S/C12H13N5O/c18-11(13-12-14-16-17-15-12)10-7-3-5-8-4-1-2-6-9(8)10/h1-2,4,6,10H,3,5,7H2,(H2,13,14,15,16,17,18)/t10-/m0/s1. The molecule has 1 heterocycles. The van der Waals surface area contributed by atoms with Crippen LogP contribution in [0.3, 0.4) is 0 Å². The molecule has 3 rings (SSSR count). The summed E-state index contributed by atoms with van der Waals surface area (Å²) in [5, 5.41) is 15.9. The zero-order valence-corrected chi connectivity index (χ0v) is 9.76. The number of carbonyl (C=O) groups excluding carboxylic acids is 1. The Morgan fingerprint density at radius 2 is 2.28 bits per heavy atom. The third-order valence-electron chi connectivity index (χ3n) is 3.27. The number of aromatic nitrogens is 4. The lowest BCUT2D eigenvalue weighted by Gasteiger charge is -2.23. The van der Waals surface area contributed by atoms with Gasteiger partial charge in [-0.3, -0.25) is 10.1 Å². The van der Waals surface area contributed by atoms with E-state index in [2.05, 4.69) is 32.0 Å². The summed E-state index contributed by atoms with van der Waals surface area (Å²) in [6.07, 6.45) is 2.93. The van der Waals surface area contributed by atoms with E-state index in [0.717, 1.165) is 24.8 Å². The molecule has 1 aliphatic carbocycles. The van der Waals surface area contributed by atoms with Crippen LogP contribution >= 0.6 is 0 Å². The number of aryl methyl sites for hydroxylation is 1. The molecule has 18 heavy (non-hydrogen) atoms. The van der Waals surface area contributed by atoms with Crippen molar-refractivity contribution in [2.24, 2.45) is 0 Å². The number of benzene rings is 1. The molecule has 0 saturated heterocycles. The van der Waals surface area contributed by atoms with Crippen molar-refractivity contribution in [3.63, 3.8) is 0 Å². The molecule has 2 N–H and O–H groups in total. The van der Waals surface area contributed by atoms with Crippen LogP contribution in [0.2, 0.25) is 0 Å². The minimum atomic E-state index is -0.117. The predicted octanol–water partition coefficient (Wildman–Crippen LogP) is 1.26. The average Bonchev–Trinajstić information content (AvgIpc) is 2.91. The van der Waals surface area contributed by atoms with E-state index in [1.165, 1.54) is 5.56 Å². The Labute approximate surface area is 104 Å². The molecule has 1 aromatic heterocycles. The highest BCUT2D eigenvalue weighted by Gasteiger charge is 2.26. The third-order valence-corrected chi connectivity index (χ3v) is 3.27. The van der Waals surface area contributed by atoms with Crippen molar-refractivity contribution in [1.82, 2.24) is 20.6 Å². The van der Waals surface area contributed by atoms with Gasteiger partial charge in [-0.05, 0) is 35.6 Å². The number of hydrogen-bond acceptors (Lipinski definition) is 4. The van der Waals surface area contributed by atoms with E-state index in [4.69, 9.17) is 0 Å². The number of hydrogen-bond donors (Lipinski definition) is 2. The average molecular weight is 243 g/mol. The van der Waals surface area contributed by atoms with Crippen molar-refractivity contribution in [2.45, 2.75) is 25.2 Å². The highest BCUT2D eigenvalue weighted by Crippen LogP contribution is 2.31. The first-order valence-electron chi connectivity index (χ1n) is 5.97. The summed E-state index contributed by atoms with van der Waals surface area (Å²) in [6, 6.07) is 8.09. The number of nitrogens with zero attached hydrogens (tertiary/aromatic N) is 3. The van der Waals surface area contributed by atoms with Gasteiger partial charge in [0.15, 0.2) is 0 Å². The lowest BCUT2D eigenvalue weighted by molar-refractivity contribution is -0.117. The van der Waals surface area contributed by atoms with Gasteiger partial charge in [-0.2, -0.15) is 5.21 Å². The van der Waals surface area contributed by atoms with E-state index >= 15 is 0 Å². The Kier molecular flexibility index (Phi) is 2.76. The fraction of sp³-hybridized carbons (Fsp3) is 0.333. The largest absolute Gasteiger partial charge is 0.291 e. The monoisotopic (exact) mass is 243 g/mol. The number of fused-ring (bicyclic) bond motifs is 1. The summed E-state index contributed by atoms with van der Waals surface area (Å²) in [6.45, 7) is 0. The zero-order chi connectivity index (χ0) is 12.4. The van der Waals surface area contributed by atoms with Gasteiger partial charge in [-0.15, -0.1) is 5.10 Å². The van der Waals surface area contributed by atoms with Gasteiger partial charge in [-0.25, -0.2) is 0 Å². The van der Waals surface area contributed by atoms with Gasteiger partial charge in [0.25, 0.3) is 5.95 Å². The van der Waals surface area contributed by atoms with E-state index < -0.39 is 0 Å². The van der Waals surface area contributed by atoms with Crippen LogP contribution in [0.5, 0.6) is 0 Å². The zero-order valence-electron chi connectivity index (χ0n) is 9.76. The first-order valence-corrected chi connectivity index (χ1v) is 5.97. The molecule has 0 spiro atoms. The Balaban J connectivity index is 1.83. The van der Waals surface area contributed by atoms with E-state index in [9.17, 15) is 4.79 Å². The number of nitrogens with one attached hydrogen (secondary N) is 2. The molecular weight excluding hydrogens is 230 g/mol. The topological polar surface area (TPSA) is 83.6 Å². The number of tetrazole rings is 1. The fourth-order valence-electron chi connectivity index (χ4n) is 2.44. The van der Waals surface area contributed by atoms with Crippen molar-refractivity contribution in [1.29, 1.82) is 0 Å². The van der Waals surface area contributed by atoms with Gasteiger partial charge in [0, 0.05) is 0 Å². The molecule has 2 aromatic rings. The molecule has 92 valence electrons. The Bertz CT molecular complexity index is 551. The fourth-order valence-corrected chi connectivity index (χ4v) is 2.44. The smallest absolute Gasteiger partial charge is 0.269 e. The molecule has 0 saturated carbocycles. The van der Waals surface area contributed by atoms with Crippen LogP contribution in [-0.4, -0.2) is 26.5 Å². The molecule has 1 aliphatic rings. The Morgan fingerprint density at radius 1 is 1.39 bits per heavy atom. The first-order chi connectivity index (χ1) is 8.84. The second-order valence-electron chi connectivity index (χ2n) is 4.37. The molecule has 6 nitrogen and oxygen atoms in total. The molecule has 0 radical (unpaired) electrons. The van der Waals surface area contributed by atoms with Crippen molar-refractivity contribution in [2.75, 3.05) is 5.32 Å². The van der Waals surface area contributed by atoms with Gasteiger partial charge >= 0.3 is 0 Å². The van der Waals surface area contributed by atoms with Gasteiger partial charge in [0.2, 0.25) is 5.91 Å². The predicted molar refractivity (Wildman–Crippen MR) is 64.9 cm³/mol. The lowest BCUT2D eigenvalue weighted by Crippen LogP contribution is -2.25. The number of carbonyl (C=O) groups is 1. The molecule has 0 fully saturated rings. The van der Waals surface area contributed by atoms with Crippen LogP contribution in [0, 0.1) is 0 Å². The highest BCUT2D eigenvalue weighted by molar-refractivity contribution is 5.94. The van der Waals surface area contributed by atoms with Crippen LogP contribution in [0.25, 0.3) is 0 Å². The van der Waals surface area contributed by atoms with Gasteiger partial charge in [-0.1, -0.05) is 29.4 Å². The Hall–Kier alpha value is -2.24. The summed E-state index contributed by atoms with van der Waals surface area (Å²) in [5.74, 6) is 0.0417. The maximum atomic E-state index is 12.2. The quantitative estimate of drug-likeness (QED) is 0.831. The minimum Gasteiger partial charge on any atom is -0.291 e. The van der Waals surface area contributed by atoms with Crippen LogP contribution < -0.4 is 5.32 Å². The summed E-state index contributed by atoms with van der Waals surface area (Å²) in [5.41, 5.74) is 2.38. The molecule has 0 aliphatic heterocycles. The van der Waals surface area contributed by atoms with Crippen LogP contribution in [0.4, 0.5) is 5.95 Å². The SMILES string of the molecule is O=C(Nc1nn[nH]n1)[C@H]1CCCc2ccccc21. The highest BCUT2D eigenvalue weighted by atomic mass is 16.2. The van der Waals surface area contributed by atoms with Crippen LogP contribution in [-0.2, 0) is 11.2 Å². The number of H-pyrrole nitrogens is 1. The maximum Gasteiger partial charge on any atom is 0.269 e. The van der Waals surface area contributed by atoms with E-state index in [1.54, 1.807) is 0 Å². The van der Waals surface area contributed by atoms with Gasteiger partial charge in [0.1, 0.15) is 0 Å². The number of amides is 1. The Morgan fingerprint density at radius 3 is 3.11 bits per heavy atom. The van der Waals surface area contributed by atoms with Crippen molar-refractivity contribution >= 4 is 11.9 Å². The number of aromatic amines is 1. The van der Waals surface area contributed by atoms with Crippen molar-refractivity contribution in [3.8, 4) is 0 Å². The molecular formula is C12H13N5O. The van der Waals surface area contributed by atoms with Crippen LogP contribution in [0.1, 0.15) is 29.9 Å². The molecule has 0 unspecified atom stereocenters. The van der Waals surface area contributed by atoms with Crippen molar-refractivity contribution < 1.29 is 4.79 Å². The molecule has 1 amide bonds. The molecule has 1 atom stereocenters. The summed E-state index contributed by atoms with van der Waals surface area (Å²) in [7, 11) is 0. The van der Waals surface area contributed by atoms with E-state index in [-0.39, 0.29) is 17.8 Å².